The zero-order chi connectivity index (χ0) is 26.0. The van der Waals surface area contributed by atoms with Crippen molar-refractivity contribution in [1.82, 2.24) is 4.90 Å². The number of alkyl halides is 2. The van der Waals surface area contributed by atoms with Crippen LogP contribution in [0.1, 0.15) is 24.0 Å². The molecule has 2 bridgehead atoms. The van der Waals surface area contributed by atoms with Crippen LogP contribution in [0.3, 0.4) is 0 Å². The van der Waals surface area contributed by atoms with Gasteiger partial charge in [0.05, 0.1) is 23.4 Å². The SMILES string of the molecule is Cc1cc(OC(=O)[C@@H]2CC(=O)N(Cc3ccccc3)C2)ccc1N1C(=O)[C@@H]2[C@H]3C[C@@H]([C@H](Br)[C@@H]3Br)[C@@H]2C1=O. The first-order chi connectivity index (χ1) is 17.7. The second kappa shape index (κ2) is 9.34. The minimum Gasteiger partial charge on any atom is -0.426 e. The number of anilines is 1. The van der Waals surface area contributed by atoms with E-state index in [-0.39, 0.29) is 57.5 Å². The van der Waals surface area contributed by atoms with E-state index in [1.165, 1.54) is 4.90 Å². The molecular formula is C28H26Br2N2O5. The van der Waals surface area contributed by atoms with Gasteiger partial charge >= 0.3 is 5.97 Å². The van der Waals surface area contributed by atoms with Crippen LogP contribution in [0, 0.1) is 36.5 Å². The number of hydrogen-bond donors (Lipinski definition) is 0. The number of benzene rings is 2. The van der Waals surface area contributed by atoms with Crippen molar-refractivity contribution >= 4 is 61.2 Å². The van der Waals surface area contributed by atoms with Crippen LogP contribution in [0.5, 0.6) is 5.75 Å². The topological polar surface area (TPSA) is 84.0 Å². The molecule has 2 aromatic rings. The van der Waals surface area contributed by atoms with E-state index in [0.717, 1.165) is 12.0 Å². The Morgan fingerprint density at radius 2 is 1.62 bits per heavy atom. The number of hydrogen-bond acceptors (Lipinski definition) is 5. The van der Waals surface area contributed by atoms with Crippen LogP contribution in [-0.2, 0) is 25.7 Å². The maximum Gasteiger partial charge on any atom is 0.316 e. The number of esters is 1. The minimum atomic E-state index is -0.540. The number of rotatable bonds is 5. The van der Waals surface area contributed by atoms with Gasteiger partial charge in [-0.25, -0.2) is 4.90 Å². The van der Waals surface area contributed by atoms with E-state index in [1.54, 1.807) is 30.0 Å². The molecule has 2 aliphatic carbocycles. The first kappa shape index (κ1) is 24.8. The smallest absolute Gasteiger partial charge is 0.316 e. The Balaban J connectivity index is 1.14. The second-order valence-electron chi connectivity index (χ2n) is 10.5. The normalized spacial score (nSPS) is 32.4. The van der Waals surface area contributed by atoms with Crippen molar-refractivity contribution < 1.29 is 23.9 Å². The number of likely N-dealkylation sites (tertiary alicyclic amines) is 1. The fraction of sp³-hybridized carbons (Fsp3) is 0.429. The van der Waals surface area contributed by atoms with Crippen LogP contribution in [0.15, 0.2) is 48.5 Å². The lowest BCUT2D eigenvalue weighted by atomic mass is 9.81. The van der Waals surface area contributed by atoms with Gasteiger partial charge in [-0.1, -0.05) is 62.2 Å². The molecule has 2 aromatic carbocycles. The van der Waals surface area contributed by atoms with Crippen molar-refractivity contribution in [1.29, 1.82) is 0 Å². The fourth-order valence-corrected chi connectivity index (χ4v) is 8.49. The van der Waals surface area contributed by atoms with Crippen LogP contribution in [0.25, 0.3) is 0 Å². The molecule has 4 aliphatic rings. The number of aryl methyl sites for hydroxylation is 1. The van der Waals surface area contributed by atoms with Gasteiger partial charge in [0, 0.05) is 29.2 Å². The van der Waals surface area contributed by atoms with E-state index >= 15 is 0 Å². The van der Waals surface area contributed by atoms with Crippen LogP contribution in [-0.4, -0.2) is 44.8 Å². The third kappa shape index (κ3) is 4.05. The highest BCUT2D eigenvalue weighted by molar-refractivity contribution is 9.12. The molecular weight excluding hydrogens is 604 g/mol. The Morgan fingerprint density at radius 3 is 2.24 bits per heavy atom. The first-order valence-corrected chi connectivity index (χ1v) is 14.4. The Hall–Kier alpha value is -2.52. The molecule has 0 spiro atoms. The summed E-state index contributed by atoms with van der Waals surface area (Å²) in [5.74, 6) is -1.28. The Kier molecular flexibility index (Phi) is 6.26. The van der Waals surface area contributed by atoms with Crippen LogP contribution < -0.4 is 9.64 Å². The van der Waals surface area contributed by atoms with Crippen molar-refractivity contribution in [2.45, 2.75) is 36.0 Å². The highest BCUT2D eigenvalue weighted by Crippen LogP contribution is 2.60. The number of amides is 3. The van der Waals surface area contributed by atoms with Gasteiger partial charge in [-0.2, -0.15) is 0 Å². The van der Waals surface area contributed by atoms with Crippen molar-refractivity contribution in [3.8, 4) is 5.75 Å². The maximum atomic E-state index is 13.4. The molecule has 3 amide bonds. The average Bonchev–Trinajstić information content (AvgIpc) is 3.59. The quantitative estimate of drug-likeness (QED) is 0.214. The standard InChI is InChI=1S/C28H26Br2N2O5/c1-14-9-17(37-28(36)16-10-21(33)31(13-16)12-15-5-3-2-4-6-15)7-8-20(14)32-26(34)22-18-11-19(23(22)27(32)35)25(30)24(18)29/h2-9,16,18-19,22-25H,10-13H2,1H3/t16-,18-,19-,22-,23+,24-,25+/m1/s1. The monoisotopic (exact) mass is 628 g/mol. The molecule has 0 aromatic heterocycles. The predicted octanol–water partition coefficient (Wildman–Crippen LogP) is 4.23. The summed E-state index contributed by atoms with van der Waals surface area (Å²) in [5.41, 5.74) is 2.22. The highest BCUT2D eigenvalue weighted by atomic mass is 79.9. The Bertz CT molecular complexity index is 1270. The predicted molar refractivity (Wildman–Crippen MR) is 143 cm³/mol. The number of carbonyl (C=O) groups is 4. The fourth-order valence-electron chi connectivity index (χ4n) is 6.61. The van der Waals surface area contributed by atoms with E-state index < -0.39 is 11.9 Å². The van der Waals surface area contributed by atoms with Gasteiger partial charge in [0.2, 0.25) is 17.7 Å². The maximum absolute atomic E-state index is 13.4. The molecule has 0 N–H and O–H groups in total. The van der Waals surface area contributed by atoms with Gasteiger partial charge in [0.1, 0.15) is 5.75 Å². The largest absolute Gasteiger partial charge is 0.426 e. The summed E-state index contributed by atoms with van der Waals surface area (Å²) in [6.07, 6.45) is 1.00. The summed E-state index contributed by atoms with van der Waals surface area (Å²) in [4.78, 5) is 55.4. The number of halogens is 2. The van der Waals surface area contributed by atoms with E-state index in [2.05, 4.69) is 31.9 Å². The van der Waals surface area contributed by atoms with Gasteiger partial charge in [-0.3, -0.25) is 19.2 Å². The van der Waals surface area contributed by atoms with Crippen LogP contribution in [0.2, 0.25) is 0 Å². The van der Waals surface area contributed by atoms with Crippen molar-refractivity contribution in [2.75, 3.05) is 11.4 Å². The van der Waals surface area contributed by atoms with Crippen molar-refractivity contribution in [3.63, 3.8) is 0 Å². The lowest BCUT2D eigenvalue weighted by Crippen LogP contribution is -2.37. The van der Waals surface area contributed by atoms with Gasteiger partial charge in [0.15, 0.2) is 0 Å². The average molecular weight is 630 g/mol. The van der Waals surface area contributed by atoms with Gasteiger partial charge in [-0.15, -0.1) is 0 Å². The lowest BCUT2D eigenvalue weighted by molar-refractivity contribution is -0.139. The molecule has 2 saturated heterocycles. The van der Waals surface area contributed by atoms with Crippen LogP contribution >= 0.6 is 31.9 Å². The zero-order valence-electron chi connectivity index (χ0n) is 20.2. The third-order valence-corrected chi connectivity index (χ3v) is 11.6. The number of imide groups is 1. The summed E-state index contributed by atoms with van der Waals surface area (Å²) in [6, 6.07) is 14.6. The molecule has 6 rings (SSSR count). The second-order valence-corrected chi connectivity index (χ2v) is 12.7. The zero-order valence-corrected chi connectivity index (χ0v) is 23.4. The summed E-state index contributed by atoms with van der Waals surface area (Å²) in [6.45, 7) is 2.58. The van der Waals surface area contributed by atoms with Gasteiger partial charge < -0.3 is 9.64 Å². The summed E-state index contributed by atoms with van der Waals surface area (Å²) in [7, 11) is 0. The van der Waals surface area contributed by atoms with Crippen LogP contribution in [0.4, 0.5) is 5.69 Å². The molecule has 37 heavy (non-hydrogen) atoms. The molecule has 9 heteroatoms. The van der Waals surface area contributed by atoms with Gasteiger partial charge in [0.25, 0.3) is 0 Å². The number of nitrogens with zero attached hydrogens (tertiary/aromatic N) is 2. The van der Waals surface area contributed by atoms with Crippen molar-refractivity contribution in [2.24, 2.45) is 29.6 Å². The van der Waals surface area contributed by atoms with Crippen molar-refractivity contribution in [3.05, 3.63) is 59.7 Å². The molecule has 7 atom stereocenters. The van der Waals surface area contributed by atoms with E-state index in [4.69, 9.17) is 4.74 Å². The molecule has 0 unspecified atom stereocenters. The molecule has 2 heterocycles. The highest BCUT2D eigenvalue weighted by Gasteiger charge is 2.66. The number of ether oxygens (including phenoxy) is 1. The Labute approximate surface area is 231 Å². The van der Waals surface area contributed by atoms with Gasteiger partial charge in [-0.05, 0) is 54.5 Å². The molecule has 2 aliphatic heterocycles. The van der Waals surface area contributed by atoms with E-state index in [0.29, 0.717) is 30.1 Å². The van der Waals surface area contributed by atoms with E-state index in [9.17, 15) is 19.2 Å². The molecule has 7 nitrogen and oxygen atoms in total. The van der Waals surface area contributed by atoms with E-state index in [1.807, 2.05) is 30.3 Å². The third-order valence-electron chi connectivity index (χ3n) is 8.38. The number of fused-ring (bicyclic) bond motifs is 5. The minimum absolute atomic E-state index is 0.0701. The molecule has 192 valence electrons. The molecule has 2 saturated carbocycles. The number of carbonyl (C=O) groups excluding carboxylic acids is 4. The lowest BCUT2D eigenvalue weighted by Gasteiger charge is -2.28. The summed E-state index contributed by atoms with van der Waals surface area (Å²) >= 11 is 7.44. The summed E-state index contributed by atoms with van der Waals surface area (Å²) in [5, 5.41) is 0. The molecule has 0 radical (unpaired) electrons. The molecule has 4 fully saturated rings. The summed E-state index contributed by atoms with van der Waals surface area (Å²) < 4.78 is 5.63. The first-order valence-electron chi connectivity index (χ1n) is 12.5. The Morgan fingerprint density at radius 1 is 0.973 bits per heavy atom.